The SMILES string of the molecule is COc1ccc(N2CP(c3ccccc3)CCP(c3ccccc3)C2)cc1. The summed E-state index contributed by atoms with van der Waals surface area (Å²) in [5.74, 6) is 0.921. The molecule has 0 saturated carbocycles. The molecule has 0 aliphatic carbocycles. The zero-order valence-corrected chi connectivity index (χ0v) is 17.5. The molecule has 1 saturated heterocycles. The Balaban J connectivity index is 1.64. The maximum absolute atomic E-state index is 5.35. The zero-order chi connectivity index (χ0) is 18.5. The number of rotatable bonds is 4. The number of nitrogens with zero attached hydrogens (tertiary/aromatic N) is 1. The maximum atomic E-state index is 5.35. The molecule has 1 aliphatic heterocycles. The summed E-state index contributed by atoms with van der Waals surface area (Å²) >= 11 is 0. The van der Waals surface area contributed by atoms with Crippen LogP contribution in [0, 0.1) is 0 Å². The fourth-order valence-corrected chi connectivity index (χ4v) is 9.25. The van der Waals surface area contributed by atoms with Crippen LogP contribution in [0.5, 0.6) is 5.75 Å². The lowest BCUT2D eigenvalue weighted by Gasteiger charge is -2.29. The third kappa shape index (κ3) is 4.52. The third-order valence-electron chi connectivity index (χ3n) is 5.00. The highest BCUT2D eigenvalue weighted by Crippen LogP contribution is 2.48. The number of benzene rings is 3. The molecule has 0 aromatic heterocycles. The molecule has 4 rings (SSSR count). The summed E-state index contributed by atoms with van der Waals surface area (Å²) in [4.78, 5) is 2.61. The second kappa shape index (κ2) is 8.87. The van der Waals surface area contributed by atoms with E-state index in [4.69, 9.17) is 4.74 Å². The molecule has 3 aromatic rings. The molecule has 2 unspecified atom stereocenters. The van der Waals surface area contributed by atoms with E-state index >= 15 is 0 Å². The molecule has 2 atom stereocenters. The molecule has 1 heterocycles. The first-order valence-corrected chi connectivity index (χ1v) is 12.7. The zero-order valence-electron chi connectivity index (χ0n) is 15.7. The number of hydrogen-bond acceptors (Lipinski definition) is 2. The third-order valence-corrected chi connectivity index (χ3v) is 10.3. The average Bonchev–Trinajstić information content (AvgIpc) is 2.98. The van der Waals surface area contributed by atoms with Crippen LogP contribution in [0.3, 0.4) is 0 Å². The largest absolute Gasteiger partial charge is 0.497 e. The Kier molecular flexibility index (Phi) is 6.07. The van der Waals surface area contributed by atoms with E-state index in [1.165, 1.54) is 28.6 Å². The van der Waals surface area contributed by atoms with Gasteiger partial charge in [0, 0.05) is 18.3 Å². The maximum Gasteiger partial charge on any atom is 0.119 e. The smallest absolute Gasteiger partial charge is 0.119 e. The van der Waals surface area contributed by atoms with E-state index in [-0.39, 0.29) is 15.8 Å². The second-order valence-corrected chi connectivity index (χ2v) is 11.4. The van der Waals surface area contributed by atoms with Gasteiger partial charge < -0.3 is 9.64 Å². The summed E-state index contributed by atoms with van der Waals surface area (Å²) in [6.45, 7) is 0. The Labute approximate surface area is 164 Å². The first-order chi connectivity index (χ1) is 13.3. The van der Waals surface area contributed by atoms with Gasteiger partial charge in [0.1, 0.15) is 5.75 Å². The van der Waals surface area contributed by atoms with Gasteiger partial charge in [-0.05, 0) is 47.2 Å². The van der Waals surface area contributed by atoms with Crippen LogP contribution < -0.4 is 20.2 Å². The Morgan fingerprint density at radius 2 is 1.15 bits per heavy atom. The van der Waals surface area contributed by atoms with E-state index in [1.54, 1.807) is 7.11 Å². The highest BCUT2D eigenvalue weighted by Gasteiger charge is 2.25. The van der Waals surface area contributed by atoms with Crippen LogP contribution in [0.25, 0.3) is 0 Å². The lowest BCUT2D eigenvalue weighted by Crippen LogP contribution is -2.25. The van der Waals surface area contributed by atoms with E-state index in [1.807, 2.05) is 0 Å². The molecule has 1 fully saturated rings. The molecule has 4 heteroatoms. The number of anilines is 1. The lowest BCUT2D eigenvalue weighted by molar-refractivity contribution is 0.415. The highest BCUT2D eigenvalue weighted by atomic mass is 31.1. The summed E-state index contributed by atoms with van der Waals surface area (Å²) in [7, 11) is 1.38. The van der Waals surface area contributed by atoms with Crippen molar-refractivity contribution < 1.29 is 4.74 Å². The van der Waals surface area contributed by atoms with Crippen molar-refractivity contribution in [2.45, 2.75) is 0 Å². The Hall–Kier alpha value is -1.88. The van der Waals surface area contributed by atoms with Crippen LogP contribution in [-0.2, 0) is 0 Å². The molecule has 3 aromatic carbocycles. The predicted molar refractivity (Wildman–Crippen MR) is 121 cm³/mol. The Morgan fingerprint density at radius 1 is 0.667 bits per heavy atom. The molecule has 138 valence electrons. The van der Waals surface area contributed by atoms with Crippen LogP contribution in [0.15, 0.2) is 84.9 Å². The molecule has 0 N–H and O–H groups in total. The van der Waals surface area contributed by atoms with Crippen molar-refractivity contribution in [1.29, 1.82) is 0 Å². The summed E-state index contributed by atoms with van der Waals surface area (Å²) in [6.07, 6.45) is 4.90. The first kappa shape index (κ1) is 18.5. The van der Waals surface area contributed by atoms with Crippen LogP contribution in [0.4, 0.5) is 5.69 Å². The second-order valence-electron chi connectivity index (χ2n) is 6.72. The minimum absolute atomic E-state index is 0.174. The first-order valence-electron chi connectivity index (χ1n) is 9.32. The molecular formula is C23H25NOP2. The van der Waals surface area contributed by atoms with Crippen molar-refractivity contribution in [3.63, 3.8) is 0 Å². The molecule has 0 bridgehead atoms. The van der Waals surface area contributed by atoms with Crippen LogP contribution in [-0.4, -0.2) is 32.0 Å². The van der Waals surface area contributed by atoms with E-state index in [2.05, 4.69) is 89.8 Å². The molecule has 0 spiro atoms. The van der Waals surface area contributed by atoms with Crippen molar-refractivity contribution in [2.75, 3.05) is 36.9 Å². The lowest BCUT2D eigenvalue weighted by atomic mass is 10.3. The van der Waals surface area contributed by atoms with E-state index in [0.29, 0.717) is 0 Å². The van der Waals surface area contributed by atoms with Crippen molar-refractivity contribution >= 4 is 32.1 Å². The van der Waals surface area contributed by atoms with Crippen molar-refractivity contribution in [3.05, 3.63) is 84.9 Å². The van der Waals surface area contributed by atoms with Gasteiger partial charge in [-0.15, -0.1) is 0 Å². The fraction of sp³-hybridized carbons (Fsp3) is 0.217. The predicted octanol–water partition coefficient (Wildman–Crippen LogP) is 5.05. The Morgan fingerprint density at radius 3 is 1.59 bits per heavy atom. The van der Waals surface area contributed by atoms with Gasteiger partial charge in [-0.25, -0.2) is 0 Å². The van der Waals surface area contributed by atoms with Gasteiger partial charge in [0.25, 0.3) is 0 Å². The van der Waals surface area contributed by atoms with E-state index < -0.39 is 0 Å². The minimum Gasteiger partial charge on any atom is -0.497 e. The topological polar surface area (TPSA) is 12.5 Å². The average molecular weight is 393 g/mol. The fourth-order valence-electron chi connectivity index (χ4n) is 3.50. The van der Waals surface area contributed by atoms with Crippen LogP contribution >= 0.6 is 15.8 Å². The van der Waals surface area contributed by atoms with Gasteiger partial charge in [-0.1, -0.05) is 76.5 Å². The number of hydrogen-bond donors (Lipinski definition) is 0. The standard InChI is InChI=1S/C23H25NOP2/c1-25-21-14-12-20(13-15-21)24-18-26(22-8-4-2-5-9-22)16-17-27(19-24)23-10-6-3-7-11-23/h2-15H,16-19H2,1H3. The van der Waals surface area contributed by atoms with Gasteiger partial charge in [0.05, 0.1) is 7.11 Å². The monoisotopic (exact) mass is 393 g/mol. The number of ether oxygens (including phenoxy) is 1. The quantitative estimate of drug-likeness (QED) is 0.576. The molecule has 1 aliphatic rings. The van der Waals surface area contributed by atoms with Gasteiger partial charge in [-0.3, -0.25) is 0 Å². The summed E-state index contributed by atoms with van der Waals surface area (Å²) in [5, 5.41) is 3.05. The van der Waals surface area contributed by atoms with E-state index in [9.17, 15) is 0 Å². The molecule has 27 heavy (non-hydrogen) atoms. The molecule has 0 amide bonds. The van der Waals surface area contributed by atoms with Crippen molar-refractivity contribution in [3.8, 4) is 5.75 Å². The van der Waals surface area contributed by atoms with E-state index in [0.717, 1.165) is 18.3 Å². The van der Waals surface area contributed by atoms with Crippen molar-refractivity contribution in [1.82, 2.24) is 0 Å². The minimum atomic E-state index is -0.174. The summed E-state index contributed by atoms with van der Waals surface area (Å²) in [5.41, 5.74) is 1.31. The van der Waals surface area contributed by atoms with Gasteiger partial charge >= 0.3 is 0 Å². The molecule has 2 nitrogen and oxygen atoms in total. The Bertz CT molecular complexity index is 790. The van der Waals surface area contributed by atoms with Crippen molar-refractivity contribution in [2.24, 2.45) is 0 Å². The van der Waals surface area contributed by atoms with Crippen LogP contribution in [0.2, 0.25) is 0 Å². The number of methoxy groups -OCH3 is 1. The van der Waals surface area contributed by atoms with Gasteiger partial charge in [-0.2, -0.15) is 0 Å². The molecule has 0 radical (unpaired) electrons. The van der Waals surface area contributed by atoms with Gasteiger partial charge in [0.2, 0.25) is 0 Å². The van der Waals surface area contributed by atoms with Crippen LogP contribution in [0.1, 0.15) is 0 Å². The van der Waals surface area contributed by atoms with Gasteiger partial charge in [0.15, 0.2) is 0 Å². The highest BCUT2D eigenvalue weighted by molar-refractivity contribution is 7.70. The normalized spacial score (nSPS) is 20.1. The summed E-state index contributed by atoms with van der Waals surface area (Å²) < 4.78 is 5.35. The molecular weight excluding hydrogens is 368 g/mol. The summed E-state index contributed by atoms with van der Waals surface area (Å²) in [6, 6.07) is 30.8.